The van der Waals surface area contributed by atoms with Gasteiger partial charge in [-0.25, -0.2) is 0 Å². The van der Waals surface area contributed by atoms with Crippen molar-refractivity contribution in [1.82, 2.24) is 0 Å². The third-order valence-corrected chi connectivity index (χ3v) is 14.6. The highest BCUT2D eigenvalue weighted by atomic mass is 16.3. The second-order valence-corrected chi connectivity index (χ2v) is 18.3. The average Bonchev–Trinajstić information content (AvgIpc) is 4.10. The zero-order chi connectivity index (χ0) is 46.2. The lowest BCUT2D eigenvalue weighted by molar-refractivity contribution is 0.667. The summed E-state index contributed by atoms with van der Waals surface area (Å²) in [5.74, 6) is 0. The van der Waals surface area contributed by atoms with Gasteiger partial charge in [-0.1, -0.05) is 206 Å². The van der Waals surface area contributed by atoms with Crippen LogP contribution in [-0.4, -0.2) is 0 Å². The van der Waals surface area contributed by atoms with Gasteiger partial charge in [-0.15, -0.1) is 0 Å². The molecule has 0 N–H and O–H groups in total. The second-order valence-electron chi connectivity index (χ2n) is 18.3. The molecule has 2 heterocycles. The molecule has 0 radical (unpaired) electrons. The minimum Gasteiger partial charge on any atom is -0.455 e. The molecule has 3 nitrogen and oxygen atoms in total. The Hall–Kier alpha value is -9.18. The minimum atomic E-state index is -0.503. The number of nitrogens with zero attached hydrogens (tertiary/aromatic N) is 1. The van der Waals surface area contributed by atoms with Crippen LogP contribution in [0.4, 0.5) is 17.1 Å². The van der Waals surface area contributed by atoms with Crippen LogP contribution < -0.4 is 4.90 Å². The molecule has 13 aromatic rings. The monoisotopic (exact) mass is 893 g/mol. The highest BCUT2D eigenvalue weighted by Crippen LogP contribution is 2.57. The zero-order valence-electron chi connectivity index (χ0n) is 38.1. The van der Waals surface area contributed by atoms with E-state index in [-0.39, 0.29) is 0 Å². The number of para-hydroxylation sites is 3. The molecule has 0 bridgehead atoms. The highest BCUT2D eigenvalue weighted by Gasteiger charge is 2.46. The van der Waals surface area contributed by atoms with E-state index < -0.39 is 5.41 Å². The Labute approximate surface area is 405 Å². The molecule has 3 heteroatoms. The number of hydrogen-bond donors (Lipinski definition) is 0. The van der Waals surface area contributed by atoms with Gasteiger partial charge in [-0.3, -0.25) is 0 Å². The van der Waals surface area contributed by atoms with Crippen LogP contribution in [0.5, 0.6) is 0 Å². The first-order chi connectivity index (χ1) is 34.7. The Morgan fingerprint density at radius 2 is 0.714 bits per heavy atom. The van der Waals surface area contributed by atoms with Crippen LogP contribution >= 0.6 is 0 Å². The van der Waals surface area contributed by atoms with Crippen molar-refractivity contribution < 1.29 is 8.83 Å². The number of fused-ring (bicyclic) bond motifs is 9. The van der Waals surface area contributed by atoms with E-state index in [1.807, 2.05) is 12.1 Å². The van der Waals surface area contributed by atoms with Gasteiger partial charge in [0, 0.05) is 49.7 Å². The smallest absolute Gasteiger partial charge is 0.143 e. The molecule has 1 aliphatic rings. The quantitative estimate of drug-likeness (QED) is 0.152. The summed E-state index contributed by atoms with van der Waals surface area (Å²) in [6, 6.07) is 93.9. The number of hydrogen-bond acceptors (Lipinski definition) is 3. The van der Waals surface area contributed by atoms with Crippen molar-refractivity contribution >= 4 is 60.9 Å². The van der Waals surface area contributed by atoms with Gasteiger partial charge in [-0.2, -0.15) is 0 Å². The molecule has 1 aliphatic carbocycles. The lowest BCUT2D eigenvalue weighted by Crippen LogP contribution is -2.28. The third kappa shape index (κ3) is 6.15. The molecule has 11 aromatic carbocycles. The van der Waals surface area contributed by atoms with Gasteiger partial charge in [0.2, 0.25) is 0 Å². The fraction of sp³-hybridized carbons (Fsp3) is 0.0149. The van der Waals surface area contributed by atoms with Gasteiger partial charge in [0.1, 0.15) is 22.3 Å². The summed E-state index contributed by atoms with van der Waals surface area (Å²) in [6.07, 6.45) is 0. The maximum Gasteiger partial charge on any atom is 0.143 e. The molecule has 0 spiro atoms. The fourth-order valence-electron chi connectivity index (χ4n) is 11.4. The van der Waals surface area contributed by atoms with Gasteiger partial charge in [-0.05, 0) is 110 Å². The van der Waals surface area contributed by atoms with Crippen LogP contribution in [0.25, 0.3) is 88.4 Å². The predicted molar refractivity (Wildman–Crippen MR) is 289 cm³/mol. The first kappa shape index (κ1) is 39.9. The van der Waals surface area contributed by atoms with Gasteiger partial charge >= 0.3 is 0 Å². The number of rotatable bonds is 8. The van der Waals surface area contributed by atoms with Crippen molar-refractivity contribution in [2.75, 3.05) is 4.90 Å². The second kappa shape index (κ2) is 16.0. The molecule has 0 aliphatic heterocycles. The number of benzene rings is 11. The molecule has 0 fully saturated rings. The molecule has 2 aromatic heterocycles. The Kier molecular flexibility index (Phi) is 9.11. The molecule has 14 rings (SSSR count). The molecule has 328 valence electrons. The normalized spacial score (nSPS) is 12.7. The summed E-state index contributed by atoms with van der Waals surface area (Å²) in [5, 5.41) is 4.47. The SMILES string of the molecule is c1ccc(-c2ccc(N(c3ccc(-c4cccc5c4oc4ccccc45)cc3)c3ccc(-c4cccc5c4oc4cc6c(cc45)-c4ccccc4C6(c4ccccc4)c4ccccc4)cc3)cc2)cc1. The fourth-order valence-corrected chi connectivity index (χ4v) is 11.4. The topological polar surface area (TPSA) is 29.5 Å². The maximum absolute atomic E-state index is 7.07. The van der Waals surface area contributed by atoms with Crippen molar-refractivity contribution in [2.45, 2.75) is 5.41 Å². The van der Waals surface area contributed by atoms with Crippen molar-refractivity contribution in [3.63, 3.8) is 0 Å². The number of anilines is 3. The summed E-state index contributed by atoms with van der Waals surface area (Å²) < 4.78 is 13.5. The van der Waals surface area contributed by atoms with Crippen LogP contribution in [0.3, 0.4) is 0 Å². The van der Waals surface area contributed by atoms with Crippen molar-refractivity contribution in [3.05, 3.63) is 283 Å². The zero-order valence-corrected chi connectivity index (χ0v) is 38.1. The lowest BCUT2D eigenvalue weighted by atomic mass is 9.67. The summed E-state index contributed by atoms with van der Waals surface area (Å²) in [4.78, 5) is 2.33. The largest absolute Gasteiger partial charge is 0.455 e. The van der Waals surface area contributed by atoms with Gasteiger partial charge in [0.05, 0.1) is 5.41 Å². The summed E-state index contributed by atoms with van der Waals surface area (Å²) >= 11 is 0. The van der Waals surface area contributed by atoms with E-state index in [9.17, 15) is 0 Å². The van der Waals surface area contributed by atoms with Crippen molar-refractivity contribution in [3.8, 4) is 44.5 Å². The molecule has 0 saturated heterocycles. The van der Waals surface area contributed by atoms with Crippen LogP contribution in [0, 0.1) is 0 Å². The first-order valence-electron chi connectivity index (χ1n) is 24.0. The molecule has 0 unspecified atom stereocenters. The van der Waals surface area contributed by atoms with Gasteiger partial charge < -0.3 is 13.7 Å². The Bertz CT molecular complexity index is 4040. The van der Waals surface area contributed by atoms with Gasteiger partial charge in [0.25, 0.3) is 0 Å². The van der Waals surface area contributed by atoms with Crippen LogP contribution in [-0.2, 0) is 5.41 Å². The molecular formula is C67H43NO2. The minimum absolute atomic E-state index is 0.503. The Balaban J connectivity index is 0.872. The summed E-state index contributed by atoms with van der Waals surface area (Å²) in [6.45, 7) is 0. The van der Waals surface area contributed by atoms with E-state index in [2.05, 4.69) is 254 Å². The third-order valence-electron chi connectivity index (χ3n) is 14.6. The van der Waals surface area contributed by atoms with E-state index >= 15 is 0 Å². The molecule has 0 atom stereocenters. The first-order valence-corrected chi connectivity index (χ1v) is 24.0. The van der Waals surface area contributed by atoms with E-state index in [0.717, 1.165) is 83.2 Å². The van der Waals surface area contributed by atoms with Crippen LogP contribution in [0.15, 0.2) is 270 Å². The standard InChI is InChI=1S/C67H43NO2/c1-4-16-44(17-5-1)45-30-36-50(37-31-45)68(51-38-32-46(33-39-51)53-24-14-26-57-56-23-11-13-29-63(56)69-65(53)57)52-40-34-47(35-41-52)54-25-15-27-58-60-42-59-55-22-10-12-28-61(55)67(48-18-6-2-7-19-48,49-20-8-3-9-21-49)62(59)43-64(60)70-66(54)58/h1-43H. The van der Waals surface area contributed by atoms with E-state index in [1.54, 1.807) is 0 Å². The van der Waals surface area contributed by atoms with E-state index in [4.69, 9.17) is 8.83 Å². The Morgan fingerprint density at radius 3 is 1.31 bits per heavy atom. The van der Waals surface area contributed by atoms with Crippen LogP contribution in [0.2, 0.25) is 0 Å². The number of furan rings is 2. The average molecular weight is 894 g/mol. The van der Waals surface area contributed by atoms with Gasteiger partial charge in [0.15, 0.2) is 0 Å². The molecule has 70 heavy (non-hydrogen) atoms. The lowest BCUT2D eigenvalue weighted by Gasteiger charge is -2.33. The summed E-state index contributed by atoms with van der Waals surface area (Å²) in [5.41, 5.74) is 20.4. The maximum atomic E-state index is 7.07. The van der Waals surface area contributed by atoms with E-state index in [1.165, 1.54) is 44.5 Å². The Morgan fingerprint density at radius 1 is 0.271 bits per heavy atom. The van der Waals surface area contributed by atoms with Crippen molar-refractivity contribution in [1.29, 1.82) is 0 Å². The van der Waals surface area contributed by atoms with Crippen molar-refractivity contribution in [2.24, 2.45) is 0 Å². The highest BCUT2D eigenvalue weighted by molar-refractivity contribution is 6.12. The molecule has 0 saturated carbocycles. The predicted octanol–water partition coefficient (Wildman–Crippen LogP) is 18.3. The van der Waals surface area contributed by atoms with Crippen LogP contribution in [0.1, 0.15) is 22.3 Å². The molecular weight excluding hydrogens is 851 g/mol. The van der Waals surface area contributed by atoms with E-state index in [0.29, 0.717) is 0 Å². The summed E-state index contributed by atoms with van der Waals surface area (Å²) in [7, 11) is 0. The molecule has 0 amide bonds.